The van der Waals surface area contributed by atoms with Crippen molar-refractivity contribution in [3.63, 3.8) is 0 Å². The molecule has 2 rings (SSSR count). The van der Waals surface area contributed by atoms with Crippen molar-refractivity contribution in [2.45, 2.75) is 25.7 Å². The Labute approximate surface area is 171 Å². The minimum Gasteiger partial charge on any atom is -0.489 e. The molecule has 4 N–H and O–H groups in total. The van der Waals surface area contributed by atoms with Crippen LogP contribution >= 0.6 is 0 Å². The number of quaternary nitrogens is 1. The molecule has 2 aromatic carbocycles. The van der Waals surface area contributed by atoms with Gasteiger partial charge in [-0.3, -0.25) is 15.3 Å². The Morgan fingerprint density at radius 3 is 2.31 bits per heavy atom. The molecule has 7 heteroatoms. The average molecular weight is 400 g/mol. The van der Waals surface area contributed by atoms with E-state index in [1.165, 1.54) is 0 Å². The van der Waals surface area contributed by atoms with Crippen LogP contribution in [0.2, 0.25) is 0 Å². The number of hydrogen-bond donors (Lipinski definition) is 3. The third-order valence-electron chi connectivity index (χ3n) is 4.70. The molecule has 2 atom stereocenters. The summed E-state index contributed by atoms with van der Waals surface area (Å²) < 4.78 is 6.19. The largest absolute Gasteiger partial charge is 0.489 e. The topological polar surface area (TPSA) is 102 Å². The number of rotatable bonds is 10. The summed E-state index contributed by atoms with van der Waals surface area (Å²) >= 11 is 0. The lowest BCUT2D eigenvalue weighted by molar-refractivity contribution is -0.898. The van der Waals surface area contributed by atoms with E-state index in [0.29, 0.717) is 12.4 Å². The van der Waals surface area contributed by atoms with Crippen molar-refractivity contribution < 1.29 is 23.9 Å². The van der Waals surface area contributed by atoms with Crippen molar-refractivity contribution in [1.29, 1.82) is 0 Å². The summed E-state index contributed by atoms with van der Waals surface area (Å²) in [5.74, 6) is -1.61. The monoisotopic (exact) mass is 400 g/mol. The van der Waals surface area contributed by atoms with E-state index >= 15 is 0 Å². The van der Waals surface area contributed by atoms with E-state index in [-0.39, 0.29) is 23.4 Å². The first-order chi connectivity index (χ1) is 13.7. The van der Waals surface area contributed by atoms with Gasteiger partial charge < -0.3 is 19.6 Å². The third kappa shape index (κ3) is 6.89. The number of carbonyl (C=O) groups is 2. The van der Waals surface area contributed by atoms with Crippen molar-refractivity contribution in [2.75, 3.05) is 21.1 Å². The number of carboxylic acid groups (broad SMARTS) is 1. The Morgan fingerprint density at radius 1 is 1.07 bits per heavy atom. The van der Waals surface area contributed by atoms with Crippen LogP contribution in [0.15, 0.2) is 54.6 Å². The molecular formula is C22H30N3O4+. The number of carbonyl (C=O) groups excluding carboxylic acids is 1. The van der Waals surface area contributed by atoms with Gasteiger partial charge in [-0.2, -0.15) is 0 Å². The molecule has 2 aromatic rings. The fourth-order valence-electron chi connectivity index (χ4n) is 2.94. The van der Waals surface area contributed by atoms with Gasteiger partial charge in [0.25, 0.3) is 0 Å². The minimum atomic E-state index is -1.05. The van der Waals surface area contributed by atoms with Gasteiger partial charge in [0, 0.05) is 12.1 Å². The zero-order valence-corrected chi connectivity index (χ0v) is 17.2. The van der Waals surface area contributed by atoms with Crippen LogP contribution in [0.4, 0.5) is 0 Å². The number of para-hydroxylation sites is 1. The van der Waals surface area contributed by atoms with Crippen molar-refractivity contribution >= 4 is 11.9 Å². The summed E-state index contributed by atoms with van der Waals surface area (Å²) in [5, 5.41) is 12.0. The van der Waals surface area contributed by atoms with Gasteiger partial charge in [-0.25, -0.2) is 0 Å². The number of hydrogen-bond acceptors (Lipinski definition) is 4. The summed E-state index contributed by atoms with van der Waals surface area (Å²) in [5.41, 5.74) is 8.03. The number of carboxylic acids is 1. The molecule has 0 fully saturated rings. The predicted octanol–water partition coefficient (Wildman–Crippen LogP) is 1.96. The van der Waals surface area contributed by atoms with Gasteiger partial charge in [0.2, 0.25) is 5.91 Å². The van der Waals surface area contributed by atoms with Gasteiger partial charge in [-0.05, 0) is 11.6 Å². The molecule has 0 spiro atoms. The number of amides is 1. The van der Waals surface area contributed by atoms with Crippen molar-refractivity contribution in [3.05, 3.63) is 65.7 Å². The highest BCUT2D eigenvalue weighted by atomic mass is 16.5. The number of nitrogens with two attached hydrogens (primary N) is 1. The van der Waals surface area contributed by atoms with E-state index in [0.717, 1.165) is 11.1 Å². The Bertz CT molecular complexity index is 818. The quantitative estimate of drug-likeness (QED) is 0.418. The number of aliphatic carboxylic acids is 1. The molecule has 0 aliphatic heterocycles. The molecule has 0 heterocycles. The predicted molar refractivity (Wildman–Crippen MR) is 111 cm³/mol. The van der Waals surface area contributed by atoms with Crippen molar-refractivity contribution in [3.8, 4) is 5.75 Å². The average Bonchev–Trinajstić information content (AvgIpc) is 2.68. The van der Waals surface area contributed by atoms with Crippen LogP contribution in [0.1, 0.15) is 17.5 Å². The maximum atomic E-state index is 12.7. The molecule has 0 aromatic heterocycles. The van der Waals surface area contributed by atoms with Crippen molar-refractivity contribution in [2.24, 2.45) is 11.7 Å². The fraction of sp³-hybridized carbons (Fsp3) is 0.364. The van der Waals surface area contributed by atoms with Crippen LogP contribution in [0.5, 0.6) is 5.75 Å². The highest BCUT2D eigenvalue weighted by Crippen LogP contribution is 2.20. The molecule has 0 saturated heterocycles. The molecule has 156 valence electrons. The molecule has 2 unspecified atom stereocenters. The van der Waals surface area contributed by atoms with Gasteiger partial charge in [-0.15, -0.1) is 0 Å². The lowest BCUT2D eigenvalue weighted by Gasteiger charge is -2.35. The molecule has 7 nitrogen and oxygen atoms in total. The lowest BCUT2D eigenvalue weighted by Crippen LogP contribution is -2.58. The molecule has 1 amide bonds. The number of nitrogens with zero attached hydrogens (tertiary/aromatic N) is 1. The van der Waals surface area contributed by atoms with Crippen LogP contribution in [-0.4, -0.2) is 48.8 Å². The van der Waals surface area contributed by atoms with Gasteiger partial charge in [0.05, 0.1) is 27.6 Å². The molecular weight excluding hydrogens is 370 g/mol. The second kappa shape index (κ2) is 10.0. The van der Waals surface area contributed by atoms with Crippen LogP contribution in [-0.2, 0) is 22.7 Å². The van der Waals surface area contributed by atoms with E-state index in [4.69, 9.17) is 10.5 Å². The zero-order chi connectivity index (χ0) is 21.4. The second-order valence-electron chi connectivity index (χ2n) is 7.91. The van der Waals surface area contributed by atoms with Crippen LogP contribution in [0.25, 0.3) is 0 Å². The Hall–Kier alpha value is -2.90. The van der Waals surface area contributed by atoms with Crippen molar-refractivity contribution in [1.82, 2.24) is 5.32 Å². The molecule has 0 radical (unpaired) electrons. The first-order valence-electron chi connectivity index (χ1n) is 9.49. The highest BCUT2D eigenvalue weighted by Gasteiger charge is 2.36. The number of benzene rings is 2. The summed E-state index contributed by atoms with van der Waals surface area (Å²) in [6.45, 7) is 0.642. The Balaban J connectivity index is 2.05. The van der Waals surface area contributed by atoms with Gasteiger partial charge in [-0.1, -0.05) is 48.5 Å². The molecule has 0 aliphatic carbocycles. The summed E-state index contributed by atoms with van der Waals surface area (Å²) in [7, 11) is 5.50. The zero-order valence-electron chi connectivity index (χ0n) is 17.2. The Kier molecular flexibility index (Phi) is 7.75. The summed E-state index contributed by atoms with van der Waals surface area (Å²) in [4.78, 5) is 24.0. The van der Waals surface area contributed by atoms with Crippen LogP contribution < -0.4 is 15.8 Å². The minimum absolute atomic E-state index is 0.226. The maximum Gasteiger partial charge on any atom is 0.304 e. The molecule has 0 bridgehead atoms. The Morgan fingerprint density at radius 2 is 1.69 bits per heavy atom. The molecule has 0 aliphatic rings. The third-order valence-corrected chi connectivity index (χ3v) is 4.70. The van der Waals surface area contributed by atoms with Crippen LogP contribution in [0.3, 0.4) is 0 Å². The normalized spacial score (nSPS) is 13.4. The standard InChI is InChI=1S/C22H29N3O4/c1-25(2,3)21(23)18(13-20(26)27)22(28)24-14-17-11-7-8-12-19(17)29-15-16-9-5-4-6-10-16/h4-12,18,21H,13-15,23H2,1-3H3,(H-,24,26,27,28)/p+1. The van der Waals surface area contributed by atoms with E-state index in [1.807, 2.05) is 75.7 Å². The molecule has 29 heavy (non-hydrogen) atoms. The van der Waals surface area contributed by atoms with Crippen LogP contribution in [0, 0.1) is 5.92 Å². The van der Waals surface area contributed by atoms with Gasteiger partial charge >= 0.3 is 5.97 Å². The van der Waals surface area contributed by atoms with E-state index < -0.39 is 18.1 Å². The molecule has 0 saturated carbocycles. The SMILES string of the molecule is C[N+](C)(C)C(N)C(CC(=O)O)C(=O)NCc1ccccc1OCc1ccccc1. The summed E-state index contributed by atoms with van der Waals surface area (Å²) in [6, 6.07) is 17.2. The second-order valence-corrected chi connectivity index (χ2v) is 7.91. The smallest absolute Gasteiger partial charge is 0.304 e. The summed E-state index contributed by atoms with van der Waals surface area (Å²) in [6.07, 6.45) is -0.968. The number of nitrogens with one attached hydrogen (secondary N) is 1. The van der Waals surface area contributed by atoms with E-state index in [1.54, 1.807) is 0 Å². The first kappa shape index (κ1) is 22.4. The fourth-order valence-corrected chi connectivity index (χ4v) is 2.94. The number of ether oxygens (including phenoxy) is 1. The van der Waals surface area contributed by atoms with Gasteiger partial charge in [0.1, 0.15) is 18.3 Å². The first-order valence-corrected chi connectivity index (χ1v) is 9.49. The van der Waals surface area contributed by atoms with E-state index in [9.17, 15) is 14.7 Å². The maximum absolute atomic E-state index is 12.7. The van der Waals surface area contributed by atoms with Gasteiger partial charge in [0.15, 0.2) is 6.17 Å². The van der Waals surface area contributed by atoms with E-state index in [2.05, 4.69) is 5.32 Å². The highest BCUT2D eigenvalue weighted by molar-refractivity contribution is 5.83. The lowest BCUT2D eigenvalue weighted by atomic mass is 9.99.